The van der Waals surface area contributed by atoms with Gasteiger partial charge in [0.15, 0.2) is 0 Å². The maximum Gasteiger partial charge on any atom is 0.316 e. The Morgan fingerprint density at radius 1 is 1.35 bits per heavy atom. The molecule has 0 amide bonds. The lowest BCUT2D eigenvalue weighted by Gasteiger charge is -2.19. The summed E-state index contributed by atoms with van der Waals surface area (Å²) in [4.78, 5) is 43.6. The third kappa shape index (κ3) is 4.18. The van der Waals surface area contributed by atoms with Crippen LogP contribution in [0.4, 0.5) is 0 Å². The molecule has 0 saturated carbocycles. The maximum atomic E-state index is 11.3. The summed E-state index contributed by atoms with van der Waals surface area (Å²) in [5.41, 5.74) is 0.0925. The molecule has 2 atom stereocenters. The van der Waals surface area contributed by atoms with E-state index in [1.54, 1.807) is 0 Å². The molecule has 6 heteroatoms. The van der Waals surface area contributed by atoms with Crippen molar-refractivity contribution in [2.24, 2.45) is 11.8 Å². The van der Waals surface area contributed by atoms with Gasteiger partial charge in [-0.05, 0) is 12.5 Å². The molecule has 0 saturated heterocycles. The first-order chi connectivity index (χ1) is 8.01. The Morgan fingerprint density at radius 2 is 1.94 bits per heavy atom. The van der Waals surface area contributed by atoms with E-state index >= 15 is 0 Å². The number of carboxylic acid groups (broad SMARTS) is 1. The minimum absolute atomic E-state index is 0.0925. The van der Waals surface area contributed by atoms with Crippen LogP contribution in [0.25, 0.3) is 0 Å². The number of methoxy groups -OCH3 is 1. The molecule has 0 fully saturated rings. The van der Waals surface area contributed by atoms with E-state index in [2.05, 4.69) is 4.74 Å². The lowest BCUT2D eigenvalue weighted by Crippen LogP contribution is -2.30. The second-order valence-electron chi connectivity index (χ2n) is 3.30. The molecule has 0 spiro atoms. The highest BCUT2D eigenvalue weighted by Crippen LogP contribution is 2.23. The van der Waals surface area contributed by atoms with E-state index in [0.29, 0.717) is 12.6 Å². The Kier molecular flexibility index (Phi) is 6.47. The Bertz CT molecular complexity index is 344. The van der Waals surface area contributed by atoms with Crippen molar-refractivity contribution in [3.63, 3.8) is 0 Å². The van der Waals surface area contributed by atoms with Gasteiger partial charge in [0.1, 0.15) is 18.5 Å². The van der Waals surface area contributed by atoms with E-state index in [0.717, 1.165) is 7.11 Å². The number of rotatable bonds is 7. The molecule has 0 aliphatic carbocycles. The van der Waals surface area contributed by atoms with Gasteiger partial charge in [-0.3, -0.25) is 14.4 Å². The van der Waals surface area contributed by atoms with Gasteiger partial charge in [-0.15, -0.1) is 0 Å². The number of allylic oxidation sites excluding steroid dienone is 2. The molecule has 0 bridgehead atoms. The van der Waals surface area contributed by atoms with Crippen molar-refractivity contribution in [1.29, 1.82) is 0 Å². The quantitative estimate of drug-likeness (QED) is 0.296. The molecule has 0 aromatic carbocycles. The van der Waals surface area contributed by atoms with Crippen LogP contribution in [-0.2, 0) is 23.9 Å². The number of aldehydes is 2. The molecule has 0 heterocycles. The molecule has 0 rings (SSSR count). The number of carbonyl (C=O) groups is 4. The van der Waals surface area contributed by atoms with Gasteiger partial charge in [0.05, 0.1) is 13.5 Å². The summed E-state index contributed by atoms with van der Waals surface area (Å²) in [7, 11) is 1.09. The molecule has 6 nitrogen and oxygen atoms in total. The van der Waals surface area contributed by atoms with Gasteiger partial charge in [0.2, 0.25) is 0 Å². The number of hydrogen-bond acceptors (Lipinski definition) is 5. The van der Waals surface area contributed by atoms with Crippen molar-refractivity contribution in [3.05, 3.63) is 11.6 Å². The lowest BCUT2D eigenvalue weighted by atomic mass is 9.84. The van der Waals surface area contributed by atoms with Crippen molar-refractivity contribution >= 4 is 24.5 Å². The molecule has 2 unspecified atom stereocenters. The van der Waals surface area contributed by atoms with Crippen molar-refractivity contribution in [3.8, 4) is 0 Å². The summed E-state index contributed by atoms with van der Waals surface area (Å²) in [6, 6.07) is 0. The SMILES string of the molecule is C/C=C(/C=O)C(CC(=O)O)C(C=O)C(=O)OC. The van der Waals surface area contributed by atoms with E-state index in [-0.39, 0.29) is 5.57 Å². The normalized spacial score (nSPS) is 14.6. The minimum atomic E-state index is -1.28. The van der Waals surface area contributed by atoms with Crippen molar-refractivity contribution in [2.75, 3.05) is 7.11 Å². The van der Waals surface area contributed by atoms with Gasteiger partial charge in [0.25, 0.3) is 0 Å². The van der Waals surface area contributed by atoms with Gasteiger partial charge in [-0.2, -0.15) is 0 Å². The van der Waals surface area contributed by atoms with E-state index in [1.807, 2.05) is 0 Å². The monoisotopic (exact) mass is 242 g/mol. The molecule has 0 aromatic heterocycles. The molecule has 0 aliphatic heterocycles. The topological polar surface area (TPSA) is 97.7 Å². The van der Waals surface area contributed by atoms with E-state index in [1.165, 1.54) is 13.0 Å². The van der Waals surface area contributed by atoms with Crippen LogP contribution in [0.3, 0.4) is 0 Å². The largest absolute Gasteiger partial charge is 0.481 e. The molecule has 0 aliphatic rings. The van der Waals surface area contributed by atoms with Gasteiger partial charge < -0.3 is 14.6 Å². The third-order valence-corrected chi connectivity index (χ3v) is 2.35. The number of carboxylic acids is 1. The molecule has 0 radical (unpaired) electrons. The highest BCUT2D eigenvalue weighted by Gasteiger charge is 2.33. The van der Waals surface area contributed by atoms with E-state index < -0.39 is 30.2 Å². The van der Waals surface area contributed by atoms with Gasteiger partial charge >= 0.3 is 11.9 Å². The minimum Gasteiger partial charge on any atom is -0.481 e. The van der Waals surface area contributed by atoms with Crippen LogP contribution < -0.4 is 0 Å². The second kappa shape index (κ2) is 7.32. The van der Waals surface area contributed by atoms with Crippen LogP contribution in [0.1, 0.15) is 13.3 Å². The summed E-state index contributed by atoms with van der Waals surface area (Å²) >= 11 is 0. The third-order valence-electron chi connectivity index (χ3n) is 2.35. The van der Waals surface area contributed by atoms with Crippen molar-refractivity contribution < 1.29 is 29.0 Å². The van der Waals surface area contributed by atoms with Crippen LogP contribution in [0.5, 0.6) is 0 Å². The molecule has 17 heavy (non-hydrogen) atoms. The smallest absolute Gasteiger partial charge is 0.316 e. The zero-order valence-corrected chi connectivity index (χ0v) is 9.58. The first kappa shape index (κ1) is 15.0. The zero-order chi connectivity index (χ0) is 13.4. The lowest BCUT2D eigenvalue weighted by molar-refractivity contribution is -0.149. The fraction of sp³-hybridized carbons (Fsp3) is 0.455. The summed E-state index contributed by atoms with van der Waals surface area (Å²) in [5.74, 6) is -4.34. The van der Waals surface area contributed by atoms with E-state index in [4.69, 9.17) is 5.11 Å². The van der Waals surface area contributed by atoms with Crippen molar-refractivity contribution in [2.45, 2.75) is 13.3 Å². The summed E-state index contributed by atoms with van der Waals surface area (Å²) in [6.45, 7) is 1.53. The highest BCUT2D eigenvalue weighted by molar-refractivity contribution is 5.91. The van der Waals surface area contributed by atoms with Gasteiger partial charge in [0, 0.05) is 5.92 Å². The predicted octanol–water partition coefficient (Wildman–Crippen LogP) is 0.211. The number of ether oxygens (including phenoxy) is 1. The van der Waals surface area contributed by atoms with Gasteiger partial charge in [-0.25, -0.2) is 0 Å². The molecule has 0 aromatic rings. The van der Waals surface area contributed by atoms with Crippen LogP contribution in [0.15, 0.2) is 11.6 Å². The molecular weight excluding hydrogens is 228 g/mol. The van der Waals surface area contributed by atoms with Crippen LogP contribution in [0.2, 0.25) is 0 Å². The number of carbonyl (C=O) groups excluding carboxylic acids is 3. The number of esters is 1. The predicted molar refractivity (Wildman–Crippen MR) is 57.1 cm³/mol. The first-order valence-corrected chi connectivity index (χ1v) is 4.88. The number of aliphatic carboxylic acids is 1. The second-order valence-corrected chi connectivity index (χ2v) is 3.30. The zero-order valence-electron chi connectivity index (χ0n) is 9.58. The number of hydrogen-bond donors (Lipinski definition) is 1. The van der Waals surface area contributed by atoms with Crippen LogP contribution >= 0.6 is 0 Å². The molecule has 94 valence electrons. The molecular formula is C11H14O6. The Hall–Kier alpha value is -1.98. The summed E-state index contributed by atoms with van der Waals surface area (Å²) in [6.07, 6.45) is 1.62. The Labute approximate surface area is 98.3 Å². The molecule has 1 N–H and O–H groups in total. The Morgan fingerprint density at radius 3 is 2.24 bits per heavy atom. The van der Waals surface area contributed by atoms with Gasteiger partial charge in [-0.1, -0.05) is 6.08 Å². The summed E-state index contributed by atoms with van der Waals surface area (Å²) < 4.78 is 4.40. The maximum absolute atomic E-state index is 11.3. The highest BCUT2D eigenvalue weighted by atomic mass is 16.5. The van der Waals surface area contributed by atoms with Crippen LogP contribution in [-0.4, -0.2) is 36.7 Å². The fourth-order valence-corrected chi connectivity index (χ4v) is 1.46. The van der Waals surface area contributed by atoms with Crippen LogP contribution in [0, 0.1) is 11.8 Å². The average Bonchev–Trinajstić information content (AvgIpc) is 2.30. The van der Waals surface area contributed by atoms with Crippen molar-refractivity contribution in [1.82, 2.24) is 0 Å². The average molecular weight is 242 g/mol. The first-order valence-electron chi connectivity index (χ1n) is 4.88. The standard InChI is InChI=1S/C11H14O6/c1-3-7(5-12)8(4-10(14)15)9(6-13)11(16)17-2/h3,5-6,8-9H,4H2,1-2H3,(H,14,15)/b7-3-. The summed E-state index contributed by atoms with van der Waals surface area (Å²) in [5, 5.41) is 8.71. The van der Waals surface area contributed by atoms with E-state index in [9.17, 15) is 19.2 Å². The fourth-order valence-electron chi connectivity index (χ4n) is 1.46. The Balaban J connectivity index is 5.26.